The maximum absolute atomic E-state index is 14.7. The number of halogens is 3. The number of allylic oxidation sites excluding steroid dienone is 2. The highest BCUT2D eigenvalue weighted by atomic mass is 19.1. The number of hydrogen-bond donors (Lipinski definition) is 0. The molecule has 7 heteroatoms. The zero-order chi connectivity index (χ0) is 24.0. The Morgan fingerprint density at radius 1 is 0.941 bits per heavy atom. The van der Waals surface area contributed by atoms with Crippen LogP contribution in [0.2, 0.25) is 0 Å². The van der Waals surface area contributed by atoms with Gasteiger partial charge in [-0.25, -0.2) is 18.2 Å². The Hall–Kier alpha value is -3.87. The molecule has 0 saturated heterocycles. The summed E-state index contributed by atoms with van der Waals surface area (Å²) in [7, 11) is 0. The summed E-state index contributed by atoms with van der Waals surface area (Å²) in [6.45, 7) is 3.45. The van der Waals surface area contributed by atoms with Gasteiger partial charge < -0.3 is 4.42 Å². The zero-order valence-corrected chi connectivity index (χ0v) is 18.6. The van der Waals surface area contributed by atoms with Gasteiger partial charge in [-0.2, -0.15) is 0 Å². The van der Waals surface area contributed by atoms with Gasteiger partial charge in [-0.1, -0.05) is 12.2 Å². The van der Waals surface area contributed by atoms with E-state index in [2.05, 4.69) is 4.98 Å². The zero-order valence-electron chi connectivity index (χ0n) is 18.6. The average molecular weight is 462 g/mol. The van der Waals surface area contributed by atoms with Crippen molar-refractivity contribution in [1.29, 1.82) is 0 Å². The highest BCUT2D eigenvalue weighted by Gasteiger charge is 2.26. The van der Waals surface area contributed by atoms with E-state index in [-0.39, 0.29) is 28.6 Å². The van der Waals surface area contributed by atoms with Crippen molar-refractivity contribution in [2.75, 3.05) is 0 Å². The molecule has 4 nitrogen and oxygen atoms in total. The fourth-order valence-electron chi connectivity index (χ4n) is 4.47. The monoisotopic (exact) mass is 462 g/mol. The summed E-state index contributed by atoms with van der Waals surface area (Å²) in [5, 5.41) is 0. The van der Waals surface area contributed by atoms with Crippen LogP contribution in [0, 0.1) is 31.3 Å². The van der Waals surface area contributed by atoms with Crippen molar-refractivity contribution in [3.05, 3.63) is 106 Å². The SMILES string of the molecule is Cc1cc(F)cc(C)c1-n1cc(-c2nc(C3CC=CC3)oc2-c2ccc(F)cc2F)ccc1=O. The Morgan fingerprint density at radius 2 is 1.65 bits per heavy atom. The molecular weight excluding hydrogens is 441 g/mol. The predicted octanol–water partition coefficient (Wildman–Crippen LogP) is 6.63. The van der Waals surface area contributed by atoms with Gasteiger partial charge in [0.05, 0.1) is 11.3 Å². The molecule has 0 bridgehead atoms. The number of aromatic nitrogens is 2. The molecule has 0 atom stereocenters. The molecule has 0 amide bonds. The number of benzene rings is 2. The third-order valence-electron chi connectivity index (χ3n) is 6.06. The number of hydrogen-bond acceptors (Lipinski definition) is 3. The Morgan fingerprint density at radius 3 is 2.32 bits per heavy atom. The van der Waals surface area contributed by atoms with Crippen molar-refractivity contribution in [3.63, 3.8) is 0 Å². The maximum Gasteiger partial charge on any atom is 0.255 e. The van der Waals surface area contributed by atoms with Gasteiger partial charge in [-0.15, -0.1) is 0 Å². The van der Waals surface area contributed by atoms with Crippen LogP contribution in [-0.4, -0.2) is 9.55 Å². The first kappa shape index (κ1) is 21.9. The Labute approximate surface area is 194 Å². The molecule has 2 aromatic heterocycles. The Balaban J connectivity index is 1.71. The van der Waals surface area contributed by atoms with Crippen LogP contribution in [0.5, 0.6) is 0 Å². The second-order valence-electron chi connectivity index (χ2n) is 8.51. The highest BCUT2D eigenvalue weighted by Crippen LogP contribution is 2.39. The van der Waals surface area contributed by atoms with E-state index in [4.69, 9.17) is 4.42 Å². The lowest BCUT2D eigenvalue weighted by Gasteiger charge is -2.14. The van der Waals surface area contributed by atoms with E-state index in [0.717, 1.165) is 25.0 Å². The van der Waals surface area contributed by atoms with Gasteiger partial charge in [0, 0.05) is 29.8 Å². The van der Waals surface area contributed by atoms with Gasteiger partial charge in [0.15, 0.2) is 11.7 Å². The first-order valence-electron chi connectivity index (χ1n) is 10.9. The minimum Gasteiger partial charge on any atom is -0.440 e. The normalized spacial score (nSPS) is 13.7. The lowest BCUT2D eigenvalue weighted by atomic mass is 10.1. The third kappa shape index (κ3) is 3.87. The average Bonchev–Trinajstić information content (AvgIpc) is 3.44. The first-order valence-corrected chi connectivity index (χ1v) is 10.9. The fourth-order valence-corrected chi connectivity index (χ4v) is 4.47. The van der Waals surface area contributed by atoms with Crippen LogP contribution in [0.3, 0.4) is 0 Å². The lowest BCUT2D eigenvalue weighted by molar-refractivity contribution is 0.460. The Bertz CT molecular complexity index is 1470. The largest absolute Gasteiger partial charge is 0.440 e. The molecule has 0 saturated carbocycles. The smallest absolute Gasteiger partial charge is 0.255 e. The molecule has 2 aromatic carbocycles. The lowest BCUT2D eigenvalue weighted by Crippen LogP contribution is -2.18. The molecule has 0 N–H and O–H groups in total. The molecular formula is C27H21F3N2O2. The van der Waals surface area contributed by atoms with Crippen LogP contribution < -0.4 is 5.56 Å². The number of nitrogens with zero attached hydrogens (tertiary/aromatic N) is 2. The van der Waals surface area contributed by atoms with Gasteiger partial charge in [-0.05, 0) is 68.1 Å². The third-order valence-corrected chi connectivity index (χ3v) is 6.06. The highest BCUT2D eigenvalue weighted by molar-refractivity contribution is 5.77. The summed E-state index contributed by atoms with van der Waals surface area (Å²) >= 11 is 0. The maximum atomic E-state index is 14.7. The molecule has 0 radical (unpaired) electrons. The number of rotatable bonds is 4. The van der Waals surface area contributed by atoms with E-state index < -0.39 is 11.6 Å². The Kier molecular flexibility index (Phi) is 5.48. The summed E-state index contributed by atoms with van der Waals surface area (Å²) in [4.78, 5) is 17.5. The van der Waals surface area contributed by atoms with Crippen LogP contribution in [0.1, 0.15) is 35.8 Å². The number of oxazole rings is 1. The minimum absolute atomic E-state index is 0.0171. The molecule has 0 spiro atoms. The standard InChI is InChI=1S/C27H21F3N2O2/c1-15-11-20(29)12-16(2)25(15)32-14-18(7-10-23(32)33)24-26(21-9-8-19(28)13-22(21)30)34-27(31-24)17-5-3-4-6-17/h3-4,7-14,17H,5-6H2,1-2H3. The topological polar surface area (TPSA) is 48.0 Å². The van der Waals surface area contributed by atoms with Gasteiger partial charge in [-0.3, -0.25) is 9.36 Å². The first-order chi connectivity index (χ1) is 16.3. The second kappa shape index (κ2) is 8.48. The fraction of sp³-hybridized carbons (Fsp3) is 0.185. The van der Waals surface area contributed by atoms with Crippen LogP contribution in [0.4, 0.5) is 13.2 Å². The van der Waals surface area contributed by atoms with Crippen LogP contribution in [0.15, 0.2) is 70.0 Å². The predicted molar refractivity (Wildman–Crippen MR) is 123 cm³/mol. The molecule has 1 aliphatic carbocycles. The van der Waals surface area contributed by atoms with Crippen molar-refractivity contribution in [2.24, 2.45) is 0 Å². The molecule has 5 rings (SSSR count). The number of pyridine rings is 1. The van der Waals surface area contributed by atoms with Gasteiger partial charge in [0.1, 0.15) is 23.1 Å². The summed E-state index contributed by atoms with van der Waals surface area (Å²) in [6.07, 6.45) is 7.16. The summed E-state index contributed by atoms with van der Waals surface area (Å²) < 4.78 is 49.6. The van der Waals surface area contributed by atoms with Crippen LogP contribution >= 0.6 is 0 Å². The molecule has 0 fully saturated rings. The van der Waals surface area contributed by atoms with E-state index in [9.17, 15) is 18.0 Å². The molecule has 4 aromatic rings. The van der Waals surface area contributed by atoms with Crippen molar-refractivity contribution < 1.29 is 17.6 Å². The van der Waals surface area contributed by atoms with Gasteiger partial charge in [0.25, 0.3) is 5.56 Å². The van der Waals surface area contributed by atoms with E-state index in [0.29, 0.717) is 34.0 Å². The van der Waals surface area contributed by atoms with Crippen molar-refractivity contribution in [2.45, 2.75) is 32.6 Å². The molecule has 34 heavy (non-hydrogen) atoms. The van der Waals surface area contributed by atoms with Crippen molar-refractivity contribution >= 4 is 0 Å². The van der Waals surface area contributed by atoms with E-state index >= 15 is 0 Å². The van der Waals surface area contributed by atoms with E-state index in [1.165, 1.54) is 28.8 Å². The van der Waals surface area contributed by atoms with Crippen molar-refractivity contribution in [3.8, 4) is 28.3 Å². The summed E-state index contributed by atoms with van der Waals surface area (Å²) in [6, 6.07) is 8.97. The van der Waals surface area contributed by atoms with Gasteiger partial charge in [0.2, 0.25) is 0 Å². The molecule has 1 aliphatic rings. The molecule has 0 aliphatic heterocycles. The molecule has 172 valence electrons. The molecule has 2 heterocycles. The minimum atomic E-state index is -0.771. The van der Waals surface area contributed by atoms with Crippen molar-refractivity contribution in [1.82, 2.24) is 9.55 Å². The van der Waals surface area contributed by atoms with E-state index in [1.807, 2.05) is 12.2 Å². The van der Waals surface area contributed by atoms with Crippen LogP contribution in [-0.2, 0) is 0 Å². The second-order valence-corrected chi connectivity index (χ2v) is 8.51. The summed E-state index contributed by atoms with van der Waals surface area (Å²) in [5.74, 6) is -1.22. The number of aryl methyl sites for hydroxylation is 2. The van der Waals surface area contributed by atoms with Crippen LogP contribution in [0.25, 0.3) is 28.3 Å². The molecule has 0 unspecified atom stereocenters. The van der Waals surface area contributed by atoms with E-state index in [1.54, 1.807) is 26.1 Å². The summed E-state index contributed by atoms with van der Waals surface area (Å²) in [5.41, 5.74) is 2.39. The van der Waals surface area contributed by atoms with Gasteiger partial charge >= 0.3 is 0 Å². The quantitative estimate of drug-likeness (QED) is 0.320.